The van der Waals surface area contributed by atoms with Crippen molar-refractivity contribution in [2.45, 2.75) is 12.2 Å². The molecule has 84 valence electrons. The summed E-state index contributed by atoms with van der Waals surface area (Å²) < 4.78 is 9.97. The van der Waals surface area contributed by atoms with Crippen molar-refractivity contribution in [3.63, 3.8) is 0 Å². The monoisotopic (exact) mass is 205 g/mol. The SMILES string of the molecule is COCCOCC(O)CN1CC(O)C1. The average Bonchev–Trinajstić information content (AvgIpc) is 2.10. The van der Waals surface area contributed by atoms with Gasteiger partial charge in [-0.15, -0.1) is 0 Å². The van der Waals surface area contributed by atoms with Gasteiger partial charge in [0.1, 0.15) is 0 Å². The van der Waals surface area contributed by atoms with Crippen LogP contribution < -0.4 is 0 Å². The Morgan fingerprint density at radius 2 is 2.14 bits per heavy atom. The molecule has 0 saturated carbocycles. The van der Waals surface area contributed by atoms with Gasteiger partial charge in [0.05, 0.1) is 32.0 Å². The summed E-state index contributed by atoms with van der Waals surface area (Å²) in [6.45, 7) is 3.29. The van der Waals surface area contributed by atoms with Crippen LogP contribution in [0.5, 0.6) is 0 Å². The van der Waals surface area contributed by atoms with Crippen molar-refractivity contribution >= 4 is 0 Å². The molecule has 1 saturated heterocycles. The number of hydrogen-bond acceptors (Lipinski definition) is 5. The molecule has 5 nitrogen and oxygen atoms in total. The first kappa shape index (κ1) is 11.9. The van der Waals surface area contributed by atoms with E-state index >= 15 is 0 Å². The molecule has 2 N–H and O–H groups in total. The molecule has 14 heavy (non-hydrogen) atoms. The largest absolute Gasteiger partial charge is 0.390 e. The van der Waals surface area contributed by atoms with E-state index in [-0.39, 0.29) is 6.10 Å². The average molecular weight is 205 g/mol. The zero-order valence-electron chi connectivity index (χ0n) is 8.56. The standard InChI is InChI=1S/C9H19NO4/c1-13-2-3-14-7-9(12)6-10-4-8(11)5-10/h8-9,11-12H,2-7H2,1H3. The summed E-state index contributed by atoms with van der Waals surface area (Å²) in [6.07, 6.45) is -0.684. The van der Waals surface area contributed by atoms with Crippen LogP contribution in [0.25, 0.3) is 0 Å². The lowest BCUT2D eigenvalue weighted by Crippen LogP contribution is -2.53. The van der Waals surface area contributed by atoms with Crippen LogP contribution in [0.3, 0.4) is 0 Å². The fourth-order valence-corrected chi connectivity index (χ4v) is 1.40. The molecule has 0 spiro atoms. The van der Waals surface area contributed by atoms with E-state index in [4.69, 9.17) is 14.6 Å². The van der Waals surface area contributed by atoms with Crippen molar-refractivity contribution < 1.29 is 19.7 Å². The van der Waals surface area contributed by atoms with Crippen LogP contribution in [0, 0.1) is 0 Å². The lowest BCUT2D eigenvalue weighted by atomic mass is 10.1. The van der Waals surface area contributed by atoms with Gasteiger partial charge >= 0.3 is 0 Å². The van der Waals surface area contributed by atoms with E-state index in [0.29, 0.717) is 39.5 Å². The number of hydrogen-bond donors (Lipinski definition) is 2. The summed E-state index contributed by atoms with van der Waals surface area (Å²) in [5.74, 6) is 0. The zero-order chi connectivity index (χ0) is 10.4. The van der Waals surface area contributed by atoms with Gasteiger partial charge in [0.25, 0.3) is 0 Å². The highest BCUT2D eigenvalue weighted by atomic mass is 16.5. The van der Waals surface area contributed by atoms with Crippen molar-refractivity contribution in [3.8, 4) is 0 Å². The van der Waals surface area contributed by atoms with Crippen molar-refractivity contribution in [1.29, 1.82) is 0 Å². The third-order valence-corrected chi connectivity index (χ3v) is 2.15. The third-order valence-electron chi connectivity index (χ3n) is 2.15. The Balaban J connectivity index is 1.91. The highest BCUT2D eigenvalue weighted by Crippen LogP contribution is 2.07. The van der Waals surface area contributed by atoms with Gasteiger partial charge in [-0.2, -0.15) is 0 Å². The molecule has 1 fully saturated rings. The van der Waals surface area contributed by atoms with Crippen LogP contribution >= 0.6 is 0 Å². The maximum absolute atomic E-state index is 9.48. The molecular weight excluding hydrogens is 186 g/mol. The first-order chi connectivity index (χ1) is 6.72. The first-order valence-corrected chi connectivity index (χ1v) is 4.87. The van der Waals surface area contributed by atoms with E-state index in [1.165, 1.54) is 0 Å². The van der Waals surface area contributed by atoms with Gasteiger partial charge in [0.15, 0.2) is 0 Å². The van der Waals surface area contributed by atoms with Crippen LogP contribution in [0.1, 0.15) is 0 Å². The molecule has 0 aliphatic carbocycles. The number of aliphatic hydroxyl groups excluding tert-OH is 2. The highest BCUT2D eigenvalue weighted by molar-refractivity contribution is 4.80. The molecule has 0 radical (unpaired) electrons. The van der Waals surface area contributed by atoms with Crippen molar-refractivity contribution in [2.24, 2.45) is 0 Å². The van der Waals surface area contributed by atoms with Gasteiger partial charge < -0.3 is 19.7 Å². The van der Waals surface area contributed by atoms with E-state index in [1.807, 2.05) is 4.90 Å². The molecule has 0 amide bonds. The second-order valence-corrected chi connectivity index (χ2v) is 3.59. The molecule has 1 heterocycles. The molecule has 1 unspecified atom stereocenters. The van der Waals surface area contributed by atoms with E-state index < -0.39 is 6.10 Å². The molecule has 0 aromatic carbocycles. The van der Waals surface area contributed by atoms with E-state index in [1.54, 1.807) is 7.11 Å². The number of rotatable bonds is 7. The Morgan fingerprint density at radius 3 is 2.71 bits per heavy atom. The van der Waals surface area contributed by atoms with Crippen molar-refractivity contribution in [2.75, 3.05) is 46.6 Å². The summed E-state index contributed by atoms with van der Waals surface area (Å²) >= 11 is 0. The molecule has 1 aliphatic heterocycles. The first-order valence-electron chi connectivity index (χ1n) is 4.87. The van der Waals surface area contributed by atoms with Gasteiger partial charge in [0.2, 0.25) is 0 Å². The van der Waals surface area contributed by atoms with Gasteiger partial charge in [-0.05, 0) is 0 Å². The molecule has 0 aromatic rings. The fraction of sp³-hybridized carbons (Fsp3) is 1.00. The fourth-order valence-electron chi connectivity index (χ4n) is 1.40. The Hall–Kier alpha value is -0.200. The smallest absolute Gasteiger partial charge is 0.0900 e. The van der Waals surface area contributed by atoms with Crippen LogP contribution in [-0.2, 0) is 9.47 Å². The number of ether oxygens (including phenoxy) is 2. The number of β-amino-alcohol motifs (C(OH)–C–C–N with tert-alkyl or cyclic N) is 2. The Bertz CT molecular complexity index is 150. The molecule has 1 atom stereocenters. The van der Waals surface area contributed by atoms with Crippen molar-refractivity contribution in [1.82, 2.24) is 4.90 Å². The zero-order valence-corrected chi connectivity index (χ0v) is 8.56. The topological polar surface area (TPSA) is 62.2 Å². The summed E-state index contributed by atoms with van der Waals surface area (Å²) in [5, 5.41) is 18.5. The summed E-state index contributed by atoms with van der Waals surface area (Å²) in [4.78, 5) is 2.00. The summed E-state index contributed by atoms with van der Waals surface area (Å²) in [6, 6.07) is 0. The Labute approximate surface area is 84.2 Å². The van der Waals surface area contributed by atoms with E-state index in [2.05, 4.69) is 0 Å². The number of nitrogens with zero attached hydrogens (tertiary/aromatic N) is 1. The maximum atomic E-state index is 9.48. The lowest BCUT2D eigenvalue weighted by Gasteiger charge is -2.36. The van der Waals surface area contributed by atoms with Gasteiger partial charge in [-0.3, -0.25) is 4.90 Å². The van der Waals surface area contributed by atoms with Gasteiger partial charge in [0, 0.05) is 26.7 Å². The molecule has 5 heteroatoms. The van der Waals surface area contributed by atoms with E-state index in [9.17, 15) is 5.11 Å². The Morgan fingerprint density at radius 1 is 1.43 bits per heavy atom. The predicted octanol–water partition coefficient (Wildman–Crippen LogP) is -1.31. The van der Waals surface area contributed by atoms with Crippen LogP contribution in [0.4, 0.5) is 0 Å². The third kappa shape index (κ3) is 4.34. The van der Waals surface area contributed by atoms with E-state index in [0.717, 1.165) is 0 Å². The summed E-state index contributed by atoms with van der Waals surface area (Å²) in [7, 11) is 1.61. The number of methoxy groups -OCH3 is 1. The minimum atomic E-state index is -0.473. The second-order valence-electron chi connectivity index (χ2n) is 3.59. The quantitative estimate of drug-likeness (QED) is 0.505. The number of likely N-dealkylation sites (tertiary alicyclic amines) is 1. The van der Waals surface area contributed by atoms with Gasteiger partial charge in [-0.25, -0.2) is 0 Å². The normalized spacial score (nSPS) is 20.8. The van der Waals surface area contributed by atoms with Crippen LogP contribution in [-0.4, -0.2) is 73.9 Å². The number of aliphatic hydroxyl groups is 2. The lowest BCUT2D eigenvalue weighted by molar-refractivity contribution is -0.0455. The van der Waals surface area contributed by atoms with Crippen LogP contribution in [0.15, 0.2) is 0 Å². The van der Waals surface area contributed by atoms with Gasteiger partial charge in [-0.1, -0.05) is 0 Å². The molecular formula is C9H19NO4. The second kappa shape index (κ2) is 6.31. The summed E-state index contributed by atoms with van der Waals surface area (Å²) in [5.41, 5.74) is 0. The predicted molar refractivity (Wildman–Crippen MR) is 51.1 cm³/mol. The Kier molecular flexibility index (Phi) is 5.36. The molecule has 1 aliphatic rings. The molecule has 0 bridgehead atoms. The maximum Gasteiger partial charge on any atom is 0.0900 e. The van der Waals surface area contributed by atoms with Crippen molar-refractivity contribution in [3.05, 3.63) is 0 Å². The minimum absolute atomic E-state index is 0.211. The molecule has 0 aromatic heterocycles. The highest BCUT2D eigenvalue weighted by Gasteiger charge is 2.25. The molecule has 1 rings (SSSR count). The van der Waals surface area contributed by atoms with Crippen LogP contribution in [0.2, 0.25) is 0 Å². The minimum Gasteiger partial charge on any atom is -0.390 e.